The van der Waals surface area contributed by atoms with Gasteiger partial charge in [-0.3, -0.25) is 4.98 Å². The molecule has 0 radical (unpaired) electrons. The highest BCUT2D eigenvalue weighted by atomic mass is 35.5. The fourth-order valence-corrected chi connectivity index (χ4v) is 2.06. The molecule has 0 unspecified atom stereocenters. The molecule has 5 heteroatoms. The Morgan fingerprint density at radius 2 is 2.25 bits per heavy atom. The molecule has 0 N–H and O–H groups in total. The molecular weight excluding hydrogens is 228 g/mol. The minimum Gasteiger partial charge on any atom is -0.465 e. The zero-order valence-electron chi connectivity index (χ0n) is 9.24. The van der Waals surface area contributed by atoms with Gasteiger partial charge in [0.2, 0.25) is 0 Å². The van der Waals surface area contributed by atoms with E-state index in [1.807, 2.05) is 18.5 Å². The van der Waals surface area contributed by atoms with Crippen molar-refractivity contribution in [1.29, 1.82) is 0 Å². The molecule has 0 atom stereocenters. The molecule has 2 rings (SSSR count). The van der Waals surface area contributed by atoms with Gasteiger partial charge in [0.25, 0.3) is 0 Å². The summed E-state index contributed by atoms with van der Waals surface area (Å²) in [5.41, 5.74) is 2.60. The molecule has 16 heavy (non-hydrogen) atoms. The molecule has 2 aromatic rings. The van der Waals surface area contributed by atoms with Crippen molar-refractivity contribution in [3.8, 4) is 0 Å². The van der Waals surface area contributed by atoms with Gasteiger partial charge >= 0.3 is 5.97 Å². The van der Waals surface area contributed by atoms with Gasteiger partial charge in [0, 0.05) is 18.9 Å². The maximum absolute atomic E-state index is 11.7. The predicted octanol–water partition coefficient (Wildman–Crippen LogP) is 2.32. The molecular formula is C11H11ClN2O2. The number of hydrogen-bond donors (Lipinski definition) is 0. The number of esters is 1. The molecule has 0 fully saturated rings. The summed E-state index contributed by atoms with van der Waals surface area (Å²) >= 11 is 6.08. The highest BCUT2D eigenvalue weighted by Crippen LogP contribution is 2.28. The maximum atomic E-state index is 11.7. The minimum absolute atomic E-state index is 0.391. The van der Waals surface area contributed by atoms with Crippen LogP contribution in [0.4, 0.5) is 0 Å². The van der Waals surface area contributed by atoms with E-state index in [4.69, 9.17) is 16.3 Å². The number of ether oxygens (including phenoxy) is 1. The van der Waals surface area contributed by atoms with Gasteiger partial charge in [-0.2, -0.15) is 0 Å². The van der Waals surface area contributed by atoms with Crippen LogP contribution in [0.2, 0.25) is 5.02 Å². The first kappa shape index (κ1) is 11.0. The van der Waals surface area contributed by atoms with E-state index in [2.05, 4.69) is 4.98 Å². The summed E-state index contributed by atoms with van der Waals surface area (Å²) in [7, 11) is 3.20. The zero-order chi connectivity index (χ0) is 11.9. The van der Waals surface area contributed by atoms with Crippen molar-refractivity contribution in [2.24, 2.45) is 7.05 Å². The predicted molar refractivity (Wildman–Crippen MR) is 61.8 cm³/mol. The van der Waals surface area contributed by atoms with E-state index in [0.717, 1.165) is 11.2 Å². The van der Waals surface area contributed by atoms with Crippen molar-refractivity contribution < 1.29 is 9.53 Å². The molecule has 0 aliphatic carbocycles. The van der Waals surface area contributed by atoms with Crippen LogP contribution in [0.1, 0.15) is 16.1 Å². The molecule has 0 aliphatic rings. The fraction of sp³-hybridized carbons (Fsp3) is 0.273. The van der Waals surface area contributed by atoms with Gasteiger partial charge in [0.05, 0.1) is 17.6 Å². The lowest BCUT2D eigenvalue weighted by Gasteiger charge is -1.99. The van der Waals surface area contributed by atoms with E-state index in [0.29, 0.717) is 16.1 Å². The third-order valence-electron chi connectivity index (χ3n) is 2.70. The van der Waals surface area contributed by atoms with Crippen molar-refractivity contribution in [2.45, 2.75) is 6.92 Å². The number of pyridine rings is 1. The summed E-state index contributed by atoms with van der Waals surface area (Å²) in [6.45, 7) is 1.84. The third-order valence-corrected chi connectivity index (χ3v) is 3.01. The quantitative estimate of drug-likeness (QED) is 0.717. The lowest BCUT2D eigenvalue weighted by atomic mass is 10.2. The first-order valence-corrected chi connectivity index (χ1v) is 5.13. The Bertz CT molecular complexity index is 575. The Hall–Kier alpha value is -1.55. The maximum Gasteiger partial charge on any atom is 0.341 e. The summed E-state index contributed by atoms with van der Waals surface area (Å²) in [6, 6.07) is 1.70. The van der Waals surface area contributed by atoms with E-state index in [1.54, 1.807) is 12.3 Å². The van der Waals surface area contributed by atoms with Crippen LogP contribution in [0.15, 0.2) is 12.3 Å². The number of nitrogens with zero attached hydrogens (tertiary/aromatic N) is 2. The Balaban J connectivity index is 2.90. The molecule has 2 aromatic heterocycles. The summed E-state index contributed by atoms with van der Waals surface area (Å²) in [5, 5.41) is 0.575. The number of carbonyl (C=O) groups excluding carboxylic acids is 1. The molecule has 0 aromatic carbocycles. The average Bonchev–Trinajstić information content (AvgIpc) is 2.52. The second-order valence-electron chi connectivity index (χ2n) is 3.50. The first-order valence-electron chi connectivity index (χ1n) is 4.75. The van der Waals surface area contributed by atoms with E-state index in [9.17, 15) is 4.79 Å². The Labute approximate surface area is 97.8 Å². The molecule has 0 saturated carbocycles. The largest absolute Gasteiger partial charge is 0.465 e. The number of aromatic nitrogens is 2. The van der Waals surface area contributed by atoms with E-state index >= 15 is 0 Å². The standard InChI is InChI=1S/C11H11ClN2O2/c1-6-8(11(15)16-3)9-10(14(6)2)7(12)4-5-13-9/h4-5H,1-3H3. The minimum atomic E-state index is -0.391. The van der Waals surface area contributed by atoms with Gasteiger partial charge in [-0.05, 0) is 13.0 Å². The van der Waals surface area contributed by atoms with Gasteiger partial charge in [-0.25, -0.2) is 4.79 Å². The van der Waals surface area contributed by atoms with Crippen molar-refractivity contribution >= 4 is 28.6 Å². The monoisotopic (exact) mass is 238 g/mol. The van der Waals surface area contributed by atoms with Gasteiger partial charge in [0.15, 0.2) is 0 Å². The molecule has 0 spiro atoms. The van der Waals surface area contributed by atoms with Crippen LogP contribution < -0.4 is 0 Å². The first-order chi connectivity index (χ1) is 7.57. The zero-order valence-corrected chi connectivity index (χ0v) is 10.00. The topological polar surface area (TPSA) is 44.1 Å². The molecule has 0 amide bonds. The molecule has 2 heterocycles. The SMILES string of the molecule is COC(=O)c1c(C)n(C)c2c(Cl)ccnc12. The van der Waals surface area contributed by atoms with Crippen LogP contribution in [-0.4, -0.2) is 22.6 Å². The number of rotatable bonds is 1. The fourth-order valence-electron chi connectivity index (χ4n) is 1.79. The molecule has 0 bridgehead atoms. The summed E-state index contributed by atoms with van der Waals surface area (Å²) in [6.07, 6.45) is 1.58. The van der Waals surface area contributed by atoms with Gasteiger partial charge in [-0.15, -0.1) is 0 Å². The summed E-state index contributed by atoms with van der Waals surface area (Å²) in [5.74, 6) is -0.391. The van der Waals surface area contributed by atoms with E-state index < -0.39 is 5.97 Å². The summed E-state index contributed by atoms with van der Waals surface area (Å²) in [4.78, 5) is 15.8. The number of fused-ring (bicyclic) bond motifs is 1. The number of halogens is 1. The number of aryl methyl sites for hydroxylation is 1. The van der Waals surface area contributed by atoms with Crippen LogP contribution in [0.3, 0.4) is 0 Å². The van der Waals surface area contributed by atoms with E-state index in [-0.39, 0.29) is 0 Å². The van der Waals surface area contributed by atoms with Crippen molar-refractivity contribution in [3.63, 3.8) is 0 Å². The van der Waals surface area contributed by atoms with Crippen molar-refractivity contribution in [3.05, 3.63) is 28.5 Å². The number of methoxy groups -OCH3 is 1. The van der Waals surface area contributed by atoms with Gasteiger partial charge in [-0.1, -0.05) is 11.6 Å². The lowest BCUT2D eigenvalue weighted by molar-refractivity contribution is 0.0601. The number of hydrogen-bond acceptors (Lipinski definition) is 3. The van der Waals surface area contributed by atoms with Crippen molar-refractivity contribution in [2.75, 3.05) is 7.11 Å². The highest BCUT2D eigenvalue weighted by molar-refractivity contribution is 6.35. The smallest absolute Gasteiger partial charge is 0.341 e. The molecule has 0 saturated heterocycles. The number of carbonyl (C=O) groups is 1. The Morgan fingerprint density at radius 3 is 2.88 bits per heavy atom. The molecule has 4 nitrogen and oxygen atoms in total. The van der Waals surface area contributed by atoms with Crippen LogP contribution in [-0.2, 0) is 11.8 Å². The highest BCUT2D eigenvalue weighted by Gasteiger charge is 2.21. The van der Waals surface area contributed by atoms with Gasteiger partial charge < -0.3 is 9.30 Å². The van der Waals surface area contributed by atoms with Crippen LogP contribution in [0.25, 0.3) is 11.0 Å². The molecule has 84 valence electrons. The normalized spacial score (nSPS) is 10.8. The average molecular weight is 239 g/mol. The third kappa shape index (κ3) is 1.38. The Kier molecular flexibility index (Phi) is 2.59. The second-order valence-corrected chi connectivity index (χ2v) is 3.91. The van der Waals surface area contributed by atoms with E-state index in [1.165, 1.54) is 7.11 Å². The lowest BCUT2D eigenvalue weighted by Crippen LogP contribution is -2.03. The van der Waals surface area contributed by atoms with Crippen molar-refractivity contribution in [1.82, 2.24) is 9.55 Å². The Morgan fingerprint density at radius 1 is 1.56 bits per heavy atom. The summed E-state index contributed by atoms with van der Waals surface area (Å²) < 4.78 is 6.59. The van der Waals surface area contributed by atoms with Crippen LogP contribution >= 0.6 is 11.6 Å². The van der Waals surface area contributed by atoms with Crippen LogP contribution in [0, 0.1) is 6.92 Å². The van der Waals surface area contributed by atoms with Gasteiger partial charge in [0.1, 0.15) is 11.1 Å². The molecule has 0 aliphatic heterocycles. The van der Waals surface area contributed by atoms with Crippen LogP contribution in [0.5, 0.6) is 0 Å². The second kappa shape index (κ2) is 3.79.